The molecule has 0 bridgehead atoms. The second kappa shape index (κ2) is 7.42. The monoisotopic (exact) mass is 367 g/mol. The number of thiophene rings is 1. The summed E-state index contributed by atoms with van der Waals surface area (Å²) in [6.07, 6.45) is 3.15. The summed E-state index contributed by atoms with van der Waals surface area (Å²) >= 11 is 7.55. The summed E-state index contributed by atoms with van der Waals surface area (Å²) in [5, 5.41) is 6.46. The Morgan fingerprint density at radius 1 is 1.08 bits per heavy atom. The van der Waals surface area contributed by atoms with Crippen LogP contribution in [0.2, 0.25) is 0 Å². The van der Waals surface area contributed by atoms with Crippen molar-refractivity contribution in [2.45, 2.75) is 19.0 Å². The highest BCUT2D eigenvalue weighted by molar-refractivity contribution is 7.80. The van der Waals surface area contributed by atoms with Gasteiger partial charge in [0.1, 0.15) is 6.04 Å². The number of nitrogens with one attached hydrogen (secondary N) is 1. The van der Waals surface area contributed by atoms with Crippen LogP contribution in [0.25, 0.3) is 0 Å². The Hall–Kier alpha value is -2.11. The molecule has 1 aromatic carbocycles. The number of benzene rings is 1. The third-order valence-electron chi connectivity index (χ3n) is 4.64. The van der Waals surface area contributed by atoms with Gasteiger partial charge in [-0.3, -0.25) is 0 Å². The Labute approximate surface area is 157 Å². The molecular formula is C20H21N3S2. The van der Waals surface area contributed by atoms with E-state index >= 15 is 0 Å². The molecule has 0 fully saturated rings. The lowest BCUT2D eigenvalue weighted by Crippen LogP contribution is -2.47. The highest BCUT2D eigenvalue weighted by Gasteiger charge is 2.30. The van der Waals surface area contributed by atoms with Gasteiger partial charge in [0.2, 0.25) is 0 Å². The van der Waals surface area contributed by atoms with Gasteiger partial charge in [-0.05, 0) is 47.8 Å². The van der Waals surface area contributed by atoms with Crippen LogP contribution in [0.15, 0.2) is 66.2 Å². The Morgan fingerprint density at radius 3 is 2.76 bits per heavy atom. The van der Waals surface area contributed by atoms with Crippen molar-refractivity contribution in [3.63, 3.8) is 0 Å². The fraction of sp³-hybridized carbons (Fsp3) is 0.250. The summed E-state index contributed by atoms with van der Waals surface area (Å²) in [6.45, 7) is 2.77. The number of hydrogen-bond acceptors (Lipinski definition) is 2. The van der Waals surface area contributed by atoms with Crippen LogP contribution in [0.1, 0.15) is 22.2 Å². The molecule has 0 spiro atoms. The Morgan fingerprint density at radius 2 is 1.96 bits per heavy atom. The van der Waals surface area contributed by atoms with Crippen LogP contribution in [0, 0.1) is 0 Å². The number of hydrogen-bond donors (Lipinski definition) is 1. The van der Waals surface area contributed by atoms with E-state index in [0.717, 1.165) is 31.2 Å². The maximum absolute atomic E-state index is 5.75. The molecule has 0 aliphatic carbocycles. The maximum atomic E-state index is 5.75. The van der Waals surface area contributed by atoms with Crippen LogP contribution in [0.3, 0.4) is 0 Å². The summed E-state index contributed by atoms with van der Waals surface area (Å²) in [6, 6.07) is 19.4. The van der Waals surface area contributed by atoms with Crippen molar-refractivity contribution in [1.29, 1.82) is 0 Å². The van der Waals surface area contributed by atoms with Crippen LogP contribution < -0.4 is 5.32 Å². The molecule has 0 radical (unpaired) electrons. The molecule has 0 amide bonds. The molecule has 1 atom stereocenters. The van der Waals surface area contributed by atoms with E-state index in [1.807, 2.05) is 0 Å². The summed E-state index contributed by atoms with van der Waals surface area (Å²) in [5.41, 5.74) is 2.65. The number of fused-ring (bicyclic) bond motifs is 1. The molecule has 4 rings (SSSR count). The molecular weight excluding hydrogens is 346 g/mol. The Bertz CT molecular complexity index is 824. The molecule has 0 saturated heterocycles. The molecule has 3 aromatic rings. The standard InChI is InChI=1S/C20H21N3S2/c24-20(21-11-10-16-6-2-1-3-7-16)23-14-13-22-12-4-8-17(22)19(23)18-9-5-15-25-18/h1-9,12,15,19H,10-11,13-14H2,(H,21,24)/t19-/m0/s1. The van der Waals surface area contributed by atoms with E-state index in [9.17, 15) is 0 Å². The fourth-order valence-electron chi connectivity index (χ4n) is 3.41. The summed E-state index contributed by atoms with van der Waals surface area (Å²) in [5.74, 6) is 0. The van der Waals surface area contributed by atoms with Gasteiger partial charge >= 0.3 is 0 Å². The topological polar surface area (TPSA) is 20.2 Å². The molecule has 2 aromatic heterocycles. The van der Waals surface area contributed by atoms with Crippen LogP contribution >= 0.6 is 23.6 Å². The normalized spacial score (nSPS) is 16.5. The van der Waals surface area contributed by atoms with E-state index < -0.39 is 0 Å². The zero-order valence-corrected chi connectivity index (χ0v) is 15.6. The van der Waals surface area contributed by atoms with E-state index in [-0.39, 0.29) is 6.04 Å². The third-order valence-corrected chi connectivity index (χ3v) is 5.95. The largest absolute Gasteiger partial charge is 0.362 e. The van der Waals surface area contributed by atoms with E-state index in [0.29, 0.717) is 0 Å². The van der Waals surface area contributed by atoms with E-state index in [1.165, 1.54) is 16.1 Å². The summed E-state index contributed by atoms with van der Waals surface area (Å²) in [7, 11) is 0. The summed E-state index contributed by atoms with van der Waals surface area (Å²) < 4.78 is 2.34. The predicted octanol–water partition coefficient (Wildman–Crippen LogP) is 4.07. The minimum absolute atomic E-state index is 0.209. The molecule has 1 N–H and O–H groups in total. The molecule has 5 heteroatoms. The quantitative estimate of drug-likeness (QED) is 0.702. The molecule has 25 heavy (non-hydrogen) atoms. The molecule has 0 unspecified atom stereocenters. The van der Waals surface area contributed by atoms with Crippen molar-refractivity contribution in [1.82, 2.24) is 14.8 Å². The van der Waals surface area contributed by atoms with Gasteiger partial charge in [-0.1, -0.05) is 36.4 Å². The summed E-state index contributed by atoms with van der Waals surface area (Å²) in [4.78, 5) is 3.67. The van der Waals surface area contributed by atoms with E-state index in [2.05, 4.69) is 81.0 Å². The molecule has 1 aliphatic heterocycles. The number of aromatic nitrogens is 1. The van der Waals surface area contributed by atoms with E-state index in [1.54, 1.807) is 11.3 Å². The van der Waals surface area contributed by atoms with Crippen molar-refractivity contribution in [2.75, 3.05) is 13.1 Å². The zero-order valence-electron chi connectivity index (χ0n) is 14.0. The number of rotatable bonds is 4. The first-order valence-electron chi connectivity index (χ1n) is 8.60. The molecule has 1 aliphatic rings. The van der Waals surface area contributed by atoms with Crippen molar-refractivity contribution in [3.05, 3.63) is 82.3 Å². The first-order chi connectivity index (χ1) is 12.3. The molecule has 0 saturated carbocycles. The minimum atomic E-state index is 0.209. The average Bonchev–Trinajstić information content (AvgIpc) is 3.33. The van der Waals surface area contributed by atoms with E-state index in [4.69, 9.17) is 12.2 Å². The minimum Gasteiger partial charge on any atom is -0.362 e. The number of thiocarbonyl (C=S) groups is 1. The SMILES string of the molecule is S=C(NCCc1ccccc1)N1CCn2cccc2[C@H]1c1cccs1. The smallest absolute Gasteiger partial charge is 0.169 e. The lowest BCUT2D eigenvalue weighted by atomic mass is 10.1. The van der Waals surface area contributed by atoms with Gasteiger partial charge in [-0.2, -0.15) is 0 Å². The van der Waals surface area contributed by atoms with Crippen molar-refractivity contribution in [3.8, 4) is 0 Å². The third kappa shape index (κ3) is 3.48. The van der Waals surface area contributed by atoms with Crippen molar-refractivity contribution >= 4 is 28.7 Å². The zero-order chi connectivity index (χ0) is 17.1. The van der Waals surface area contributed by atoms with Gasteiger partial charge in [-0.25, -0.2) is 0 Å². The van der Waals surface area contributed by atoms with Crippen LogP contribution in [-0.2, 0) is 13.0 Å². The molecule has 3 nitrogen and oxygen atoms in total. The van der Waals surface area contributed by atoms with Gasteiger partial charge in [0.15, 0.2) is 5.11 Å². The second-order valence-corrected chi connectivity index (χ2v) is 7.57. The second-order valence-electron chi connectivity index (χ2n) is 6.21. The van der Waals surface area contributed by atoms with Crippen LogP contribution in [0.4, 0.5) is 0 Å². The first kappa shape index (κ1) is 16.4. The van der Waals surface area contributed by atoms with Gasteiger partial charge in [-0.15, -0.1) is 11.3 Å². The van der Waals surface area contributed by atoms with Crippen LogP contribution in [0.5, 0.6) is 0 Å². The average molecular weight is 368 g/mol. The maximum Gasteiger partial charge on any atom is 0.169 e. The lowest BCUT2D eigenvalue weighted by molar-refractivity contribution is 0.289. The highest BCUT2D eigenvalue weighted by Crippen LogP contribution is 2.34. The van der Waals surface area contributed by atoms with Gasteiger partial charge in [0.25, 0.3) is 0 Å². The Kier molecular flexibility index (Phi) is 4.85. The van der Waals surface area contributed by atoms with Crippen molar-refractivity contribution < 1.29 is 0 Å². The van der Waals surface area contributed by atoms with Crippen molar-refractivity contribution in [2.24, 2.45) is 0 Å². The predicted molar refractivity (Wildman–Crippen MR) is 108 cm³/mol. The van der Waals surface area contributed by atoms with Gasteiger partial charge < -0.3 is 14.8 Å². The molecule has 128 valence electrons. The van der Waals surface area contributed by atoms with Gasteiger partial charge in [0.05, 0.1) is 0 Å². The number of nitrogens with zero attached hydrogens (tertiary/aromatic N) is 2. The lowest BCUT2D eigenvalue weighted by Gasteiger charge is -2.38. The first-order valence-corrected chi connectivity index (χ1v) is 9.88. The molecule has 3 heterocycles. The fourth-order valence-corrected chi connectivity index (χ4v) is 4.56. The van der Waals surface area contributed by atoms with Gasteiger partial charge in [0, 0.05) is 36.4 Å². The highest BCUT2D eigenvalue weighted by atomic mass is 32.1. The van der Waals surface area contributed by atoms with Crippen LogP contribution in [-0.4, -0.2) is 27.7 Å². The Balaban J connectivity index is 1.47.